The van der Waals surface area contributed by atoms with E-state index in [4.69, 9.17) is 22.4 Å². The van der Waals surface area contributed by atoms with E-state index < -0.39 is 29.2 Å². The van der Waals surface area contributed by atoms with Crippen molar-refractivity contribution in [1.82, 2.24) is 0 Å². The fourth-order valence-corrected chi connectivity index (χ4v) is 1.87. The lowest BCUT2D eigenvalue weighted by atomic mass is 9.87. The number of carboxylic acid groups (broad SMARTS) is 1. The zero-order valence-corrected chi connectivity index (χ0v) is 9.16. The lowest BCUT2D eigenvalue weighted by Gasteiger charge is -2.19. The summed E-state index contributed by atoms with van der Waals surface area (Å²) < 4.78 is 13.2. The van der Waals surface area contributed by atoms with Crippen LogP contribution in [0.2, 0.25) is 5.02 Å². The molecule has 17 heavy (non-hydrogen) atoms. The highest BCUT2D eigenvalue weighted by molar-refractivity contribution is 6.31. The van der Waals surface area contributed by atoms with Crippen molar-refractivity contribution in [3.05, 3.63) is 45.7 Å². The summed E-state index contributed by atoms with van der Waals surface area (Å²) in [7, 11) is 0. The number of halogens is 2. The molecule has 0 saturated heterocycles. The highest BCUT2D eigenvalue weighted by Crippen LogP contribution is 2.31. The van der Waals surface area contributed by atoms with Crippen molar-refractivity contribution >= 4 is 23.4 Å². The molecule has 1 aliphatic rings. The Hall–Kier alpha value is -1.72. The van der Waals surface area contributed by atoms with Crippen LogP contribution in [-0.4, -0.2) is 16.9 Å². The van der Waals surface area contributed by atoms with E-state index in [9.17, 15) is 14.0 Å². The Bertz CT molecular complexity index is 568. The summed E-state index contributed by atoms with van der Waals surface area (Å²) in [6.45, 7) is 0. The predicted octanol–water partition coefficient (Wildman–Crippen LogP) is 1.69. The van der Waals surface area contributed by atoms with Gasteiger partial charge in [-0.15, -0.1) is 0 Å². The number of benzene rings is 1. The van der Waals surface area contributed by atoms with Crippen molar-refractivity contribution < 1.29 is 19.1 Å². The van der Waals surface area contributed by atoms with Crippen molar-refractivity contribution in [3.63, 3.8) is 0 Å². The SMILES string of the molecule is NC1C=C(C(=O)O)C(=O)c2cc(F)c(Cl)cc21. The summed E-state index contributed by atoms with van der Waals surface area (Å²) in [5.41, 5.74) is 5.50. The van der Waals surface area contributed by atoms with Crippen molar-refractivity contribution in [1.29, 1.82) is 0 Å². The second kappa shape index (κ2) is 3.94. The normalized spacial score (nSPS) is 18.6. The van der Waals surface area contributed by atoms with Crippen LogP contribution in [0.25, 0.3) is 0 Å². The monoisotopic (exact) mass is 255 g/mol. The third-order valence-corrected chi connectivity index (χ3v) is 2.81. The summed E-state index contributed by atoms with van der Waals surface area (Å²) in [6.07, 6.45) is 1.13. The van der Waals surface area contributed by atoms with Gasteiger partial charge in [0.1, 0.15) is 11.4 Å². The molecule has 0 heterocycles. The topological polar surface area (TPSA) is 80.4 Å². The van der Waals surface area contributed by atoms with Crippen LogP contribution in [0.1, 0.15) is 22.0 Å². The van der Waals surface area contributed by atoms with Gasteiger partial charge in [-0.05, 0) is 23.8 Å². The molecule has 0 aromatic heterocycles. The summed E-state index contributed by atoms with van der Waals surface area (Å²) >= 11 is 5.58. The largest absolute Gasteiger partial charge is 0.478 e. The molecule has 0 aliphatic heterocycles. The number of nitrogens with two attached hydrogens (primary N) is 1. The number of rotatable bonds is 1. The average Bonchev–Trinajstić information content (AvgIpc) is 2.25. The van der Waals surface area contributed by atoms with Crippen molar-refractivity contribution in [3.8, 4) is 0 Å². The van der Waals surface area contributed by atoms with Gasteiger partial charge in [-0.1, -0.05) is 11.6 Å². The maximum atomic E-state index is 13.2. The summed E-state index contributed by atoms with van der Waals surface area (Å²) in [5.74, 6) is -2.92. The lowest BCUT2D eigenvalue weighted by Crippen LogP contribution is -2.24. The van der Waals surface area contributed by atoms with E-state index in [1.54, 1.807) is 0 Å². The first-order chi connectivity index (χ1) is 7.91. The highest BCUT2D eigenvalue weighted by Gasteiger charge is 2.30. The van der Waals surface area contributed by atoms with Crippen LogP contribution in [-0.2, 0) is 4.79 Å². The van der Waals surface area contributed by atoms with Gasteiger partial charge in [-0.25, -0.2) is 9.18 Å². The van der Waals surface area contributed by atoms with Crippen LogP contribution in [0.4, 0.5) is 4.39 Å². The molecule has 3 N–H and O–H groups in total. The van der Waals surface area contributed by atoms with Crippen LogP contribution >= 0.6 is 11.6 Å². The number of hydrogen-bond acceptors (Lipinski definition) is 3. The Morgan fingerprint density at radius 3 is 2.71 bits per heavy atom. The Balaban J connectivity index is 2.64. The molecule has 0 radical (unpaired) electrons. The van der Waals surface area contributed by atoms with Gasteiger partial charge in [0.05, 0.1) is 11.1 Å². The van der Waals surface area contributed by atoms with Gasteiger partial charge in [0, 0.05) is 5.56 Å². The highest BCUT2D eigenvalue weighted by atomic mass is 35.5. The molecule has 1 aromatic rings. The van der Waals surface area contributed by atoms with E-state index in [1.807, 2.05) is 0 Å². The molecule has 1 aliphatic carbocycles. The Morgan fingerprint density at radius 1 is 1.47 bits per heavy atom. The van der Waals surface area contributed by atoms with Crippen LogP contribution < -0.4 is 5.73 Å². The number of carboxylic acids is 1. The van der Waals surface area contributed by atoms with Crippen LogP contribution in [0.5, 0.6) is 0 Å². The molecular weight excluding hydrogens is 249 g/mol. The van der Waals surface area contributed by atoms with E-state index in [-0.39, 0.29) is 10.6 Å². The number of fused-ring (bicyclic) bond motifs is 1. The molecule has 0 spiro atoms. The minimum Gasteiger partial charge on any atom is -0.478 e. The summed E-state index contributed by atoms with van der Waals surface area (Å²) in [6, 6.07) is 1.37. The zero-order valence-electron chi connectivity index (χ0n) is 8.41. The molecule has 0 fully saturated rings. The van der Waals surface area contributed by atoms with Crippen molar-refractivity contribution in [2.45, 2.75) is 6.04 Å². The molecule has 4 nitrogen and oxygen atoms in total. The third kappa shape index (κ3) is 1.83. The first-order valence-corrected chi connectivity index (χ1v) is 5.04. The molecule has 1 atom stereocenters. The maximum Gasteiger partial charge on any atom is 0.339 e. The van der Waals surface area contributed by atoms with E-state index in [0.29, 0.717) is 5.56 Å². The van der Waals surface area contributed by atoms with Crippen molar-refractivity contribution in [2.75, 3.05) is 0 Å². The average molecular weight is 256 g/mol. The van der Waals surface area contributed by atoms with Crippen LogP contribution in [0, 0.1) is 5.82 Å². The standard InChI is InChI=1S/C11H7ClFNO3/c12-7-1-4-5(2-8(7)13)10(15)6(11(16)17)3-9(4)14/h1-3,9H,14H2,(H,16,17). The molecule has 0 bridgehead atoms. The van der Waals surface area contributed by atoms with E-state index in [2.05, 4.69) is 0 Å². The first kappa shape index (κ1) is 11.8. The van der Waals surface area contributed by atoms with E-state index >= 15 is 0 Å². The van der Waals surface area contributed by atoms with E-state index in [1.165, 1.54) is 6.07 Å². The van der Waals surface area contributed by atoms with Gasteiger partial charge in [0.2, 0.25) is 5.78 Å². The third-order valence-electron chi connectivity index (χ3n) is 2.52. The Morgan fingerprint density at radius 2 is 2.12 bits per heavy atom. The van der Waals surface area contributed by atoms with Gasteiger partial charge in [-0.2, -0.15) is 0 Å². The quantitative estimate of drug-likeness (QED) is 0.748. The zero-order chi connectivity index (χ0) is 12.7. The Kier molecular flexibility index (Phi) is 2.73. The molecule has 6 heteroatoms. The number of ketones is 1. The second-order valence-corrected chi connectivity index (χ2v) is 4.00. The Labute approximate surface area is 100 Å². The molecule has 1 unspecified atom stereocenters. The fraction of sp³-hybridized carbons (Fsp3) is 0.0909. The van der Waals surface area contributed by atoms with Crippen LogP contribution in [0.15, 0.2) is 23.8 Å². The van der Waals surface area contributed by atoms with Gasteiger partial charge < -0.3 is 10.8 Å². The van der Waals surface area contributed by atoms with Crippen LogP contribution in [0.3, 0.4) is 0 Å². The molecule has 88 valence electrons. The molecule has 1 aromatic carbocycles. The first-order valence-electron chi connectivity index (χ1n) is 4.66. The molecular formula is C11H7ClFNO3. The molecule has 0 amide bonds. The maximum absolute atomic E-state index is 13.2. The number of carbonyl (C=O) groups excluding carboxylic acids is 1. The molecule has 0 saturated carbocycles. The second-order valence-electron chi connectivity index (χ2n) is 3.59. The van der Waals surface area contributed by atoms with Gasteiger partial charge >= 0.3 is 5.97 Å². The number of carbonyl (C=O) groups is 2. The van der Waals surface area contributed by atoms with Crippen molar-refractivity contribution in [2.24, 2.45) is 5.73 Å². The van der Waals surface area contributed by atoms with Gasteiger partial charge in [-0.3, -0.25) is 4.79 Å². The van der Waals surface area contributed by atoms with E-state index in [0.717, 1.165) is 12.1 Å². The van der Waals surface area contributed by atoms with Gasteiger partial charge in [0.15, 0.2) is 0 Å². The number of aliphatic carboxylic acids is 1. The minimum atomic E-state index is -1.38. The predicted molar refractivity (Wildman–Crippen MR) is 58.4 cm³/mol. The number of hydrogen-bond donors (Lipinski definition) is 2. The lowest BCUT2D eigenvalue weighted by molar-refractivity contribution is -0.132. The summed E-state index contributed by atoms with van der Waals surface area (Å²) in [5, 5.41) is 8.66. The smallest absolute Gasteiger partial charge is 0.339 e. The number of Topliss-reactive ketones (excluding diaryl/α,β-unsaturated/α-hetero) is 1. The molecule has 2 rings (SSSR count). The summed E-state index contributed by atoms with van der Waals surface area (Å²) in [4.78, 5) is 22.6. The minimum absolute atomic E-state index is 0.0562. The fourth-order valence-electron chi connectivity index (χ4n) is 1.69. The van der Waals surface area contributed by atoms with Gasteiger partial charge in [0.25, 0.3) is 0 Å².